The summed E-state index contributed by atoms with van der Waals surface area (Å²) in [6.45, 7) is 6.34. The summed E-state index contributed by atoms with van der Waals surface area (Å²) in [5.74, 6) is -0.799. The van der Waals surface area contributed by atoms with Crippen LogP contribution in [0.25, 0.3) is 22.2 Å². The highest BCUT2D eigenvalue weighted by Gasteiger charge is 2.22. The summed E-state index contributed by atoms with van der Waals surface area (Å²) in [5, 5.41) is 0. The van der Waals surface area contributed by atoms with Crippen LogP contribution in [0.2, 0.25) is 0 Å². The van der Waals surface area contributed by atoms with Gasteiger partial charge in [-0.15, -0.1) is 0 Å². The molecule has 4 aromatic rings. The normalized spacial score (nSPS) is 14.2. The maximum Gasteiger partial charge on any atom is 0.422 e. The van der Waals surface area contributed by atoms with Gasteiger partial charge in [-0.1, -0.05) is 74.4 Å². The van der Waals surface area contributed by atoms with Gasteiger partial charge in [0.25, 0.3) is 0 Å². The average molecular weight is 514 g/mol. The number of unbranched alkanes of at least 4 members (excludes halogenated alkanes) is 2. The van der Waals surface area contributed by atoms with Gasteiger partial charge in [0.05, 0.1) is 11.2 Å². The van der Waals surface area contributed by atoms with Gasteiger partial charge in [-0.25, -0.2) is 9.36 Å². The molecule has 0 radical (unpaired) electrons. The summed E-state index contributed by atoms with van der Waals surface area (Å²) in [6.07, 6.45) is 3.19. The number of oxazole rings is 1. The minimum absolute atomic E-state index is 0.129. The Balaban J connectivity index is 1.22. The zero-order chi connectivity index (χ0) is 26.3. The SMILES string of the molecule is CCCCCC(=O)OCn1c(=O)oc2c(N3CCN(Cc4cccc(-c5ccccc5)c4)CC3)cccc21. The van der Waals surface area contributed by atoms with Crippen LogP contribution in [-0.2, 0) is 22.8 Å². The van der Waals surface area contributed by atoms with E-state index in [0.29, 0.717) is 17.5 Å². The summed E-state index contributed by atoms with van der Waals surface area (Å²) in [6, 6.07) is 25.0. The molecule has 198 valence electrons. The number of rotatable bonds is 10. The van der Waals surface area contributed by atoms with Crippen molar-refractivity contribution in [1.82, 2.24) is 9.47 Å². The number of hydrogen-bond donors (Lipinski definition) is 0. The summed E-state index contributed by atoms with van der Waals surface area (Å²) >= 11 is 0. The second-order valence-electron chi connectivity index (χ2n) is 9.85. The summed E-state index contributed by atoms with van der Waals surface area (Å²) < 4.78 is 12.4. The molecule has 3 aromatic carbocycles. The number of nitrogens with zero attached hydrogens (tertiary/aromatic N) is 3. The lowest BCUT2D eigenvalue weighted by molar-refractivity contribution is -0.147. The fourth-order valence-electron chi connectivity index (χ4n) is 5.06. The zero-order valence-corrected chi connectivity index (χ0v) is 22.0. The molecule has 0 amide bonds. The van der Waals surface area contributed by atoms with Gasteiger partial charge in [0, 0.05) is 39.1 Å². The van der Waals surface area contributed by atoms with Crippen LogP contribution < -0.4 is 10.7 Å². The Morgan fingerprint density at radius 1 is 0.895 bits per heavy atom. The monoisotopic (exact) mass is 513 g/mol. The number of anilines is 1. The van der Waals surface area contributed by atoms with Crippen LogP contribution in [0.15, 0.2) is 82.0 Å². The molecule has 0 saturated carbocycles. The number of carbonyl (C=O) groups is 1. The van der Waals surface area contributed by atoms with E-state index < -0.39 is 5.76 Å². The Hall–Kier alpha value is -3.84. The van der Waals surface area contributed by atoms with Crippen molar-refractivity contribution in [1.29, 1.82) is 0 Å². The Bertz CT molecular complexity index is 1420. The third kappa shape index (κ3) is 6.00. The lowest BCUT2D eigenvalue weighted by atomic mass is 10.0. The summed E-state index contributed by atoms with van der Waals surface area (Å²) in [5.41, 5.74) is 5.86. The van der Waals surface area contributed by atoms with Crippen molar-refractivity contribution in [3.05, 3.63) is 88.9 Å². The smallest absolute Gasteiger partial charge is 0.422 e. The van der Waals surface area contributed by atoms with Crippen molar-refractivity contribution in [3.63, 3.8) is 0 Å². The first-order valence-electron chi connectivity index (χ1n) is 13.5. The summed E-state index contributed by atoms with van der Waals surface area (Å²) in [7, 11) is 0. The Morgan fingerprint density at radius 3 is 2.45 bits per heavy atom. The van der Waals surface area contributed by atoms with E-state index in [1.54, 1.807) is 0 Å². The number of carbonyl (C=O) groups excluding carboxylic acids is 1. The fourth-order valence-corrected chi connectivity index (χ4v) is 5.06. The molecule has 0 bridgehead atoms. The molecule has 0 unspecified atom stereocenters. The number of aromatic nitrogens is 1. The third-order valence-electron chi connectivity index (χ3n) is 7.17. The minimum Gasteiger partial charge on any atom is -0.444 e. The predicted octanol–water partition coefficient (Wildman–Crippen LogP) is 5.66. The average Bonchev–Trinajstić information content (AvgIpc) is 3.28. The second-order valence-corrected chi connectivity index (χ2v) is 9.85. The molecule has 7 heteroatoms. The Labute approximate surface area is 223 Å². The zero-order valence-electron chi connectivity index (χ0n) is 22.0. The maximum absolute atomic E-state index is 12.6. The predicted molar refractivity (Wildman–Crippen MR) is 150 cm³/mol. The van der Waals surface area contributed by atoms with Crippen LogP contribution in [0.1, 0.15) is 38.2 Å². The molecule has 0 aliphatic carbocycles. The number of ether oxygens (including phenoxy) is 1. The number of hydrogen-bond acceptors (Lipinski definition) is 6. The number of para-hydroxylation sites is 1. The van der Waals surface area contributed by atoms with E-state index in [9.17, 15) is 9.59 Å². The topological polar surface area (TPSA) is 67.9 Å². The van der Waals surface area contributed by atoms with Crippen molar-refractivity contribution in [3.8, 4) is 11.1 Å². The van der Waals surface area contributed by atoms with E-state index in [1.165, 1.54) is 21.3 Å². The third-order valence-corrected chi connectivity index (χ3v) is 7.17. The van der Waals surface area contributed by atoms with Gasteiger partial charge >= 0.3 is 11.7 Å². The Kier molecular flexibility index (Phi) is 8.24. The highest BCUT2D eigenvalue weighted by atomic mass is 16.5. The van der Waals surface area contributed by atoms with Crippen molar-refractivity contribution in [2.75, 3.05) is 31.1 Å². The van der Waals surface area contributed by atoms with Gasteiger partial charge in [-0.2, -0.15) is 0 Å². The van der Waals surface area contributed by atoms with Crippen molar-refractivity contribution >= 4 is 22.8 Å². The molecular formula is C31H35N3O4. The molecule has 2 heterocycles. The van der Waals surface area contributed by atoms with E-state index >= 15 is 0 Å². The van der Waals surface area contributed by atoms with Gasteiger partial charge in [0.15, 0.2) is 12.3 Å². The number of esters is 1. The van der Waals surface area contributed by atoms with Gasteiger partial charge in [0.1, 0.15) is 0 Å². The molecule has 0 spiro atoms. The van der Waals surface area contributed by atoms with Crippen LogP contribution in [0.3, 0.4) is 0 Å². The van der Waals surface area contributed by atoms with E-state index in [4.69, 9.17) is 9.15 Å². The van der Waals surface area contributed by atoms with Crippen LogP contribution in [0.5, 0.6) is 0 Å². The summed E-state index contributed by atoms with van der Waals surface area (Å²) in [4.78, 5) is 29.4. The molecule has 1 aromatic heterocycles. The van der Waals surface area contributed by atoms with E-state index in [1.807, 2.05) is 24.3 Å². The van der Waals surface area contributed by atoms with Crippen molar-refractivity contribution < 1.29 is 13.9 Å². The van der Waals surface area contributed by atoms with Crippen LogP contribution >= 0.6 is 0 Å². The van der Waals surface area contributed by atoms with Crippen LogP contribution in [0.4, 0.5) is 5.69 Å². The molecule has 1 aliphatic heterocycles. The molecule has 1 fully saturated rings. The maximum atomic E-state index is 12.6. The highest BCUT2D eigenvalue weighted by molar-refractivity contribution is 5.87. The highest BCUT2D eigenvalue weighted by Crippen LogP contribution is 2.28. The fraction of sp³-hybridized carbons (Fsp3) is 0.355. The number of benzene rings is 3. The van der Waals surface area contributed by atoms with Gasteiger partial charge in [-0.3, -0.25) is 9.69 Å². The first kappa shape index (κ1) is 25.8. The number of fused-ring (bicyclic) bond motifs is 1. The largest absolute Gasteiger partial charge is 0.444 e. The standard InChI is InChI=1S/C31H35N3O4/c1-2-3-5-16-29(35)37-23-34-28-15-9-14-27(30(28)38-31(34)36)33-19-17-32(18-20-33)22-24-10-8-13-26(21-24)25-11-6-4-7-12-25/h4,6-15,21H,2-3,5,16-20,22-23H2,1H3. The lowest BCUT2D eigenvalue weighted by Crippen LogP contribution is -2.46. The van der Waals surface area contributed by atoms with Crippen molar-refractivity contribution in [2.45, 2.75) is 45.9 Å². The van der Waals surface area contributed by atoms with Gasteiger partial charge < -0.3 is 14.1 Å². The first-order valence-corrected chi connectivity index (χ1v) is 13.5. The molecule has 7 nitrogen and oxygen atoms in total. The molecule has 0 N–H and O–H groups in total. The molecule has 1 aliphatic rings. The van der Waals surface area contributed by atoms with Crippen LogP contribution in [0, 0.1) is 0 Å². The molecule has 38 heavy (non-hydrogen) atoms. The second kappa shape index (κ2) is 12.1. The lowest BCUT2D eigenvalue weighted by Gasteiger charge is -2.36. The van der Waals surface area contributed by atoms with Crippen molar-refractivity contribution in [2.24, 2.45) is 0 Å². The van der Waals surface area contributed by atoms with E-state index in [-0.39, 0.29) is 12.7 Å². The van der Waals surface area contributed by atoms with Crippen LogP contribution in [-0.4, -0.2) is 41.6 Å². The first-order chi connectivity index (χ1) is 18.6. The molecule has 0 atom stereocenters. The minimum atomic E-state index is -0.509. The molecular weight excluding hydrogens is 478 g/mol. The van der Waals surface area contributed by atoms with Gasteiger partial charge in [0.2, 0.25) is 0 Å². The van der Waals surface area contributed by atoms with E-state index in [0.717, 1.165) is 57.7 Å². The Morgan fingerprint density at radius 2 is 1.66 bits per heavy atom. The molecule has 1 saturated heterocycles. The van der Waals surface area contributed by atoms with Gasteiger partial charge in [-0.05, 0) is 41.3 Å². The van der Waals surface area contributed by atoms with E-state index in [2.05, 4.69) is 65.3 Å². The quantitative estimate of drug-likeness (QED) is 0.201. The molecule has 5 rings (SSSR count). The number of piperazine rings is 1.